The molecule has 1 spiro atoms. The average molecular weight is 1080 g/mol. The van der Waals surface area contributed by atoms with E-state index in [1.54, 1.807) is 47.4 Å². The minimum Gasteiger partial charge on any atom is -0.491 e. The molecular formula is C63H57N5O12. The van der Waals surface area contributed by atoms with Crippen molar-refractivity contribution in [1.29, 1.82) is 0 Å². The number of nitrogens with zero attached hydrogens (tertiary/aromatic N) is 5. The molecule has 6 atom stereocenters. The molecule has 17 heteroatoms. The van der Waals surface area contributed by atoms with Gasteiger partial charge in [0.25, 0.3) is 5.69 Å². The van der Waals surface area contributed by atoms with E-state index in [0.29, 0.717) is 64.7 Å². The Morgan fingerprint density at radius 2 is 1.49 bits per heavy atom. The Morgan fingerprint density at radius 3 is 2.20 bits per heavy atom. The molecule has 5 heterocycles. The molecule has 3 amide bonds. The van der Waals surface area contributed by atoms with Crippen LogP contribution in [0.5, 0.6) is 17.2 Å². The molecule has 80 heavy (non-hydrogen) atoms. The van der Waals surface area contributed by atoms with Gasteiger partial charge in [-0.2, -0.15) is 0 Å². The summed E-state index contributed by atoms with van der Waals surface area (Å²) in [7, 11) is 0. The van der Waals surface area contributed by atoms with Gasteiger partial charge in [0, 0.05) is 50.4 Å². The lowest BCUT2D eigenvalue weighted by Crippen LogP contribution is -2.59. The molecule has 6 aromatic carbocycles. The van der Waals surface area contributed by atoms with Gasteiger partial charge in [-0.15, -0.1) is 0 Å². The van der Waals surface area contributed by atoms with Crippen LogP contribution in [0, 0.1) is 27.9 Å². The van der Waals surface area contributed by atoms with E-state index >= 15 is 19.2 Å². The largest absolute Gasteiger partial charge is 0.491 e. The molecule has 5 aliphatic heterocycles. The van der Waals surface area contributed by atoms with Crippen LogP contribution in [0.2, 0.25) is 0 Å². The highest BCUT2D eigenvalue weighted by molar-refractivity contribution is 6.23. The summed E-state index contributed by atoms with van der Waals surface area (Å²) in [6, 6.07) is 39.2. The van der Waals surface area contributed by atoms with Crippen LogP contribution in [0.4, 0.5) is 16.2 Å². The van der Waals surface area contributed by atoms with Crippen molar-refractivity contribution in [2.45, 2.75) is 68.5 Å². The SMILES string of the molecule is O=C1O[C@H](c2ccccc2)[C@H](c2ccccc2)N2[C@H]1[C@@H](C(=O)N1CCN(Cc3ccc4c(c3)OCO4)CC1)[C@]1(C(=O)N(C(=O)OCc3ccc([N+](=O)[O-])cc3)c3ccc(C#CC4=CCCCC4)cc31)[C@H]2c1ccc(OCCO)cc1. The first-order chi connectivity index (χ1) is 39.1. The first-order valence-electron chi connectivity index (χ1n) is 27.0. The zero-order valence-electron chi connectivity index (χ0n) is 43.7. The minimum absolute atomic E-state index is 0.0195. The number of fused-ring (bicyclic) bond motifs is 4. The molecule has 17 nitrogen and oxygen atoms in total. The van der Waals surface area contributed by atoms with Gasteiger partial charge in [-0.1, -0.05) is 96.8 Å². The van der Waals surface area contributed by atoms with Crippen LogP contribution < -0.4 is 19.1 Å². The van der Waals surface area contributed by atoms with Gasteiger partial charge in [0.1, 0.15) is 36.5 Å². The lowest BCUT2D eigenvalue weighted by atomic mass is 9.64. The summed E-state index contributed by atoms with van der Waals surface area (Å²) in [6.07, 6.45) is 3.94. The van der Waals surface area contributed by atoms with E-state index in [-0.39, 0.29) is 51.1 Å². The molecule has 12 rings (SSSR count). The molecule has 406 valence electrons. The topological polar surface area (TPSA) is 191 Å². The highest BCUT2D eigenvalue weighted by Gasteiger charge is 2.76. The molecule has 3 saturated heterocycles. The van der Waals surface area contributed by atoms with E-state index in [1.165, 1.54) is 24.3 Å². The van der Waals surface area contributed by atoms with Crippen molar-refractivity contribution in [3.05, 3.63) is 206 Å². The third kappa shape index (κ3) is 9.58. The summed E-state index contributed by atoms with van der Waals surface area (Å²) in [5.41, 5.74) is 3.14. The van der Waals surface area contributed by atoms with Crippen molar-refractivity contribution in [2.24, 2.45) is 5.92 Å². The van der Waals surface area contributed by atoms with Gasteiger partial charge in [-0.25, -0.2) is 9.69 Å². The molecule has 1 N–H and O–H groups in total. The van der Waals surface area contributed by atoms with Crippen LogP contribution in [-0.2, 0) is 42.4 Å². The number of anilines is 1. The van der Waals surface area contributed by atoms with E-state index in [4.69, 9.17) is 23.7 Å². The van der Waals surface area contributed by atoms with E-state index in [9.17, 15) is 15.2 Å². The first kappa shape index (κ1) is 51.9. The van der Waals surface area contributed by atoms with Crippen molar-refractivity contribution >= 4 is 35.3 Å². The van der Waals surface area contributed by atoms with E-state index in [0.717, 1.165) is 47.3 Å². The molecule has 3 fully saturated rings. The van der Waals surface area contributed by atoms with Gasteiger partial charge in [0.05, 0.1) is 35.2 Å². The number of benzene rings is 6. The fraction of sp³-hybridized carbons (Fsp3) is 0.302. The number of carbonyl (C=O) groups is 4. The van der Waals surface area contributed by atoms with Crippen LogP contribution in [0.3, 0.4) is 0 Å². The third-order valence-corrected chi connectivity index (χ3v) is 16.2. The maximum atomic E-state index is 16.9. The van der Waals surface area contributed by atoms with Crippen molar-refractivity contribution in [3.8, 4) is 29.1 Å². The van der Waals surface area contributed by atoms with Gasteiger partial charge in [-0.3, -0.25) is 34.3 Å². The Hall–Kier alpha value is -8.82. The molecule has 6 aliphatic rings. The Labute approximate surface area is 462 Å². The second-order valence-corrected chi connectivity index (χ2v) is 20.8. The molecule has 0 aromatic heterocycles. The number of ether oxygens (including phenoxy) is 5. The number of hydrogen-bond donors (Lipinski definition) is 1. The average Bonchev–Trinajstić information content (AvgIpc) is 2.62. The highest BCUT2D eigenvalue weighted by Crippen LogP contribution is 2.66. The number of hydrogen-bond acceptors (Lipinski definition) is 14. The number of esters is 1. The number of rotatable bonds is 12. The van der Waals surface area contributed by atoms with Crippen molar-refractivity contribution in [1.82, 2.24) is 14.7 Å². The molecular weight excluding hydrogens is 1020 g/mol. The van der Waals surface area contributed by atoms with Crippen LogP contribution in [0.1, 0.15) is 82.8 Å². The number of nitro benzene ring substituents is 1. The number of imide groups is 1. The summed E-state index contributed by atoms with van der Waals surface area (Å²) >= 11 is 0. The molecule has 6 aromatic rings. The number of carbonyl (C=O) groups excluding carboxylic acids is 4. The number of piperazine rings is 1. The lowest BCUT2D eigenvalue weighted by molar-refractivity contribution is -0.384. The minimum atomic E-state index is -2.07. The van der Waals surface area contributed by atoms with Gasteiger partial charge in [0.15, 0.2) is 11.5 Å². The number of nitro groups is 1. The van der Waals surface area contributed by atoms with Gasteiger partial charge in [-0.05, 0) is 119 Å². The monoisotopic (exact) mass is 1080 g/mol. The number of amides is 3. The number of aliphatic hydroxyl groups is 1. The standard InChI is InChI=1S/C63H57N5O12/c69-34-35-76-49-26-22-47(23-27-49)58-63(50-36-42(17-16-41-10-4-1-5-11-41)20-28-51(50)66(61(63)72)62(73)77-39-43-18-24-48(25-19-43)68(74)75)54(59(70)65-32-30-64(31-33-65)38-44-21-29-52-53(37-44)79-40-78-52)56-60(71)80-57(46-14-8-3-9-15-46)55(67(56)58)45-12-6-2-7-13-45/h2-3,6-10,12-15,18-29,36-37,54-58,69H,1,4-5,11,30-35,38-40H2/t54-,55-,56-,57+,58+,63-/m0/s1. The van der Waals surface area contributed by atoms with Crippen LogP contribution in [0.25, 0.3) is 0 Å². The highest BCUT2D eigenvalue weighted by atomic mass is 16.7. The van der Waals surface area contributed by atoms with Crippen molar-refractivity contribution in [2.75, 3.05) is 51.1 Å². The smallest absolute Gasteiger partial charge is 0.421 e. The number of cyclic esters (lactones) is 1. The van der Waals surface area contributed by atoms with Crippen LogP contribution in [-0.4, -0.2) is 101 Å². The third-order valence-electron chi connectivity index (χ3n) is 16.2. The summed E-state index contributed by atoms with van der Waals surface area (Å²) in [6.45, 7) is 1.57. The maximum absolute atomic E-state index is 16.9. The Balaban J connectivity index is 1.04. The summed E-state index contributed by atoms with van der Waals surface area (Å²) < 4.78 is 29.8. The number of non-ortho nitro benzene ring substituents is 1. The molecule has 0 unspecified atom stereocenters. The zero-order valence-corrected chi connectivity index (χ0v) is 43.7. The molecule has 0 saturated carbocycles. The van der Waals surface area contributed by atoms with Crippen LogP contribution in [0.15, 0.2) is 157 Å². The quantitative estimate of drug-likeness (QED) is 0.0529. The van der Waals surface area contributed by atoms with Gasteiger partial charge < -0.3 is 33.7 Å². The Bertz CT molecular complexity index is 3450. The van der Waals surface area contributed by atoms with Gasteiger partial charge >= 0.3 is 12.1 Å². The van der Waals surface area contributed by atoms with Crippen molar-refractivity contribution in [3.63, 3.8) is 0 Å². The fourth-order valence-electron chi connectivity index (χ4n) is 12.5. The predicted octanol–water partition coefficient (Wildman–Crippen LogP) is 8.89. The molecule has 1 aliphatic carbocycles. The van der Waals surface area contributed by atoms with E-state index in [2.05, 4.69) is 22.8 Å². The normalized spacial score (nSPS) is 23.1. The molecule has 0 radical (unpaired) electrons. The van der Waals surface area contributed by atoms with Gasteiger partial charge in [0.2, 0.25) is 18.6 Å². The lowest BCUT2D eigenvalue weighted by Gasteiger charge is -2.46. The second kappa shape index (κ2) is 22.1. The Morgan fingerprint density at radius 1 is 0.762 bits per heavy atom. The maximum Gasteiger partial charge on any atom is 0.421 e. The molecule has 0 bridgehead atoms. The summed E-state index contributed by atoms with van der Waals surface area (Å²) in [4.78, 5) is 82.3. The number of morpholine rings is 1. The van der Waals surface area contributed by atoms with Crippen molar-refractivity contribution < 1.29 is 52.9 Å². The number of aliphatic hydroxyl groups excluding tert-OH is 1. The summed E-state index contributed by atoms with van der Waals surface area (Å²) in [5, 5.41) is 21.3. The first-order valence-corrected chi connectivity index (χ1v) is 27.0. The van der Waals surface area contributed by atoms with Crippen LogP contribution >= 0.6 is 0 Å². The summed E-state index contributed by atoms with van der Waals surface area (Å²) in [5.74, 6) is 5.01. The zero-order chi connectivity index (χ0) is 54.9. The van der Waals surface area contributed by atoms with E-state index in [1.807, 2.05) is 83.8 Å². The Kier molecular flexibility index (Phi) is 14.4. The number of allylic oxidation sites excluding steroid dienone is 2. The second-order valence-electron chi connectivity index (χ2n) is 20.8. The fourth-order valence-corrected chi connectivity index (χ4v) is 12.5. The van der Waals surface area contributed by atoms with E-state index < -0.39 is 64.4 Å². The predicted molar refractivity (Wildman–Crippen MR) is 292 cm³/mol.